The highest BCUT2D eigenvalue weighted by Gasteiger charge is 2.13. The summed E-state index contributed by atoms with van der Waals surface area (Å²) in [4.78, 5) is 13.8. The first-order valence-corrected chi connectivity index (χ1v) is 4.73. The van der Waals surface area contributed by atoms with Crippen molar-refractivity contribution in [2.75, 3.05) is 0 Å². The summed E-state index contributed by atoms with van der Waals surface area (Å²) in [7, 11) is 0. The molecule has 1 heterocycles. The molecule has 16 heavy (non-hydrogen) atoms. The van der Waals surface area contributed by atoms with Crippen molar-refractivity contribution in [3.05, 3.63) is 57.9 Å². The second-order valence-electron chi connectivity index (χ2n) is 3.49. The fraction of sp³-hybridized carbons (Fsp3) is 0.0833. The molecule has 0 unspecified atom stereocenters. The average molecular weight is 221 g/mol. The number of hydrogen-bond donors (Lipinski definition) is 1. The summed E-state index contributed by atoms with van der Waals surface area (Å²) < 4.78 is 27.2. The number of hydrogen-bond acceptors (Lipinski definition) is 1. The lowest BCUT2D eigenvalue weighted by Crippen LogP contribution is -2.01. The van der Waals surface area contributed by atoms with Gasteiger partial charge >= 0.3 is 0 Å². The van der Waals surface area contributed by atoms with Crippen molar-refractivity contribution in [3.63, 3.8) is 0 Å². The molecule has 2 aromatic rings. The van der Waals surface area contributed by atoms with Crippen molar-refractivity contribution in [2.24, 2.45) is 0 Å². The second kappa shape index (κ2) is 3.89. The number of halogens is 2. The van der Waals surface area contributed by atoms with E-state index < -0.39 is 11.6 Å². The van der Waals surface area contributed by atoms with Gasteiger partial charge in [0.25, 0.3) is 0 Å². The standard InChI is InChI=1S/C12H9F2NO/c1-7-2-3-9(13)11(12(7)14)10-6-8(16)4-5-15-10/h2-6H,1H3,(H,15,16). The molecule has 82 valence electrons. The van der Waals surface area contributed by atoms with E-state index >= 15 is 0 Å². The van der Waals surface area contributed by atoms with Crippen molar-refractivity contribution in [1.82, 2.24) is 4.98 Å². The quantitative estimate of drug-likeness (QED) is 0.788. The highest BCUT2D eigenvalue weighted by molar-refractivity contribution is 5.61. The molecule has 0 spiro atoms. The zero-order chi connectivity index (χ0) is 11.7. The zero-order valence-corrected chi connectivity index (χ0v) is 8.55. The highest BCUT2D eigenvalue weighted by atomic mass is 19.1. The molecule has 2 nitrogen and oxygen atoms in total. The summed E-state index contributed by atoms with van der Waals surface area (Å²) in [6.45, 7) is 1.54. The minimum absolute atomic E-state index is 0.145. The van der Waals surface area contributed by atoms with Gasteiger partial charge in [-0.05, 0) is 18.6 Å². The maximum atomic E-state index is 13.7. The van der Waals surface area contributed by atoms with Gasteiger partial charge in [-0.2, -0.15) is 0 Å². The molecule has 1 N–H and O–H groups in total. The Bertz CT molecular complexity index is 590. The Labute approximate surface area is 90.6 Å². The third kappa shape index (κ3) is 1.74. The SMILES string of the molecule is Cc1ccc(F)c(-c2cc(=O)cc[nH]2)c1F. The van der Waals surface area contributed by atoms with Crippen molar-refractivity contribution in [3.8, 4) is 11.3 Å². The summed E-state index contributed by atoms with van der Waals surface area (Å²) in [5, 5.41) is 0. The number of benzene rings is 1. The first-order chi connectivity index (χ1) is 7.59. The predicted octanol–water partition coefficient (Wildman–Crippen LogP) is 2.63. The molecule has 1 aromatic heterocycles. The fourth-order valence-electron chi connectivity index (χ4n) is 1.49. The van der Waals surface area contributed by atoms with Crippen LogP contribution in [0.5, 0.6) is 0 Å². The molecule has 0 amide bonds. The van der Waals surface area contributed by atoms with Gasteiger partial charge in [0.15, 0.2) is 5.43 Å². The molecule has 0 aliphatic carbocycles. The Balaban J connectivity index is 2.73. The molecular formula is C12H9F2NO. The minimum Gasteiger partial charge on any atom is -0.361 e. The Morgan fingerprint density at radius 3 is 2.62 bits per heavy atom. The van der Waals surface area contributed by atoms with E-state index in [0.29, 0.717) is 5.56 Å². The molecular weight excluding hydrogens is 212 g/mol. The molecule has 0 fully saturated rings. The van der Waals surface area contributed by atoms with E-state index in [9.17, 15) is 13.6 Å². The van der Waals surface area contributed by atoms with E-state index in [1.165, 1.54) is 30.5 Å². The molecule has 0 saturated heterocycles. The third-order valence-electron chi connectivity index (χ3n) is 2.33. The molecule has 0 aliphatic heterocycles. The number of aryl methyl sites for hydroxylation is 1. The Hall–Kier alpha value is -1.97. The van der Waals surface area contributed by atoms with Crippen LogP contribution in [0.25, 0.3) is 11.3 Å². The summed E-state index contributed by atoms with van der Waals surface area (Å²) in [5.74, 6) is -1.34. The normalized spacial score (nSPS) is 10.4. The smallest absolute Gasteiger partial charge is 0.182 e. The van der Waals surface area contributed by atoms with Crippen molar-refractivity contribution < 1.29 is 8.78 Å². The average Bonchev–Trinajstić information content (AvgIpc) is 2.24. The van der Waals surface area contributed by atoms with Crippen LogP contribution in [0.15, 0.2) is 35.3 Å². The van der Waals surface area contributed by atoms with Gasteiger partial charge in [-0.1, -0.05) is 6.07 Å². The Morgan fingerprint density at radius 2 is 1.94 bits per heavy atom. The van der Waals surface area contributed by atoms with Crippen LogP contribution in [0.2, 0.25) is 0 Å². The Morgan fingerprint density at radius 1 is 1.19 bits per heavy atom. The van der Waals surface area contributed by atoms with E-state index in [-0.39, 0.29) is 16.7 Å². The number of H-pyrrole nitrogens is 1. The molecule has 0 radical (unpaired) electrons. The van der Waals surface area contributed by atoms with Crippen molar-refractivity contribution in [2.45, 2.75) is 6.92 Å². The summed E-state index contributed by atoms with van der Waals surface area (Å²) in [5.41, 5.74) is -0.0148. The van der Waals surface area contributed by atoms with Crippen LogP contribution in [0.4, 0.5) is 8.78 Å². The van der Waals surface area contributed by atoms with E-state index in [1.54, 1.807) is 6.92 Å². The van der Waals surface area contributed by atoms with Gasteiger partial charge in [-0.25, -0.2) is 8.78 Å². The summed E-state index contributed by atoms with van der Waals surface area (Å²) in [6.07, 6.45) is 1.36. The first-order valence-electron chi connectivity index (χ1n) is 4.73. The summed E-state index contributed by atoms with van der Waals surface area (Å²) in [6, 6.07) is 4.99. The van der Waals surface area contributed by atoms with Crippen molar-refractivity contribution in [1.29, 1.82) is 0 Å². The van der Waals surface area contributed by atoms with Crippen LogP contribution in [0.3, 0.4) is 0 Å². The lowest BCUT2D eigenvalue weighted by molar-refractivity contribution is 0.583. The maximum Gasteiger partial charge on any atom is 0.182 e. The van der Waals surface area contributed by atoms with Gasteiger partial charge < -0.3 is 4.98 Å². The predicted molar refractivity (Wildman–Crippen MR) is 57.2 cm³/mol. The molecule has 2 rings (SSSR count). The highest BCUT2D eigenvalue weighted by Crippen LogP contribution is 2.25. The number of aromatic amines is 1. The second-order valence-corrected chi connectivity index (χ2v) is 3.49. The van der Waals surface area contributed by atoms with Crippen LogP contribution >= 0.6 is 0 Å². The lowest BCUT2D eigenvalue weighted by atomic mass is 10.1. The number of rotatable bonds is 1. The topological polar surface area (TPSA) is 32.9 Å². The molecule has 0 aliphatic rings. The van der Waals surface area contributed by atoms with Gasteiger partial charge in [0.1, 0.15) is 11.6 Å². The lowest BCUT2D eigenvalue weighted by Gasteiger charge is -2.06. The van der Waals surface area contributed by atoms with E-state index in [4.69, 9.17) is 0 Å². The Kier molecular flexibility index (Phi) is 2.56. The summed E-state index contributed by atoms with van der Waals surface area (Å²) >= 11 is 0. The van der Waals surface area contributed by atoms with Gasteiger partial charge in [0.05, 0.1) is 11.3 Å². The molecule has 0 bridgehead atoms. The van der Waals surface area contributed by atoms with E-state index in [0.717, 1.165) is 0 Å². The number of pyridine rings is 1. The third-order valence-corrected chi connectivity index (χ3v) is 2.33. The number of nitrogens with one attached hydrogen (secondary N) is 1. The van der Waals surface area contributed by atoms with Gasteiger partial charge in [0, 0.05) is 18.3 Å². The molecule has 4 heteroatoms. The van der Waals surface area contributed by atoms with Crippen LogP contribution < -0.4 is 5.43 Å². The van der Waals surface area contributed by atoms with Crippen LogP contribution in [-0.2, 0) is 0 Å². The van der Waals surface area contributed by atoms with E-state index in [1.807, 2.05) is 0 Å². The molecule has 1 aromatic carbocycles. The maximum absolute atomic E-state index is 13.7. The van der Waals surface area contributed by atoms with Gasteiger partial charge in [-0.3, -0.25) is 4.79 Å². The number of aromatic nitrogens is 1. The van der Waals surface area contributed by atoms with Crippen LogP contribution in [0.1, 0.15) is 5.56 Å². The van der Waals surface area contributed by atoms with E-state index in [2.05, 4.69) is 4.98 Å². The molecule has 0 atom stereocenters. The van der Waals surface area contributed by atoms with Gasteiger partial charge in [0.2, 0.25) is 0 Å². The van der Waals surface area contributed by atoms with Crippen molar-refractivity contribution >= 4 is 0 Å². The fourth-order valence-corrected chi connectivity index (χ4v) is 1.49. The first kappa shape index (κ1) is 10.5. The zero-order valence-electron chi connectivity index (χ0n) is 8.55. The molecule has 0 saturated carbocycles. The monoisotopic (exact) mass is 221 g/mol. The largest absolute Gasteiger partial charge is 0.361 e. The van der Waals surface area contributed by atoms with Gasteiger partial charge in [-0.15, -0.1) is 0 Å². The van der Waals surface area contributed by atoms with Crippen LogP contribution in [-0.4, -0.2) is 4.98 Å². The van der Waals surface area contributed by atoms with Crippen LogP contribution in [0, 0.1) is 18.6 Å². The minimum atomic E-state index is -0.690.